The number of rotatable bonds is 19. The van der Waals surface area contributed by atoms with Gasteiger partial charge in [-0.1, -0.05) is 30.3 Å². The van der Waals surface area contributed by atoms with Crippen LogP contribution in [-0.2, 0) is 56.0 Å². The highest BCUT2D eigenvalue weighted by Crippen LogP contribution is 2.20. The number of nitrogens with two attached hydrogens (primary N) is 6. The minimum Gasteiger partial charge on any atom is -0.370 e. The van der Waals surface area contributed by atoms with Gasteiger partial charge < -0.3 is 81.9 Å². The van der Waals surface area contributed by atoms with Crippen molar-refractivity contribution in [1.82, 2.24) is 47.5 Å². The molecule has 1 aliphatic rings. The standard InChI is InChI=1S/C50H72N18O9/c1-28(69)63-36(11-6-20-59-49(54)55)44(73)68-40-24-42(71)58-19-5-4-10-35(43(53)72)65-48(77)39(23-31-26-61-34-9-3-2-8-33(31)34)67-45(74)37(12-7-21-60-50(56)57)66-46(75)38(22-29-13-15-30(25-51)16-14-29)62-27-32(64-47(40)76)17-18-41(52)70/h2-3,8-9,13-16,26,32,35-40,61-62H,4-7,10-12,17-24,27H2,1H3,(H2,52,70)(H2,53,72)(H,58,71)(H,63,69)(H,64,76)(H,65,77)(H,66,75)(H,67,74)(H,68,73)(H4,54,55,59)(H4,56,57,60). The zero-order valence-electron chi connectivity index (χ0n) is 43.0. The third-order valence-electron chi connectivity index (χ3n) is 12.4. The summed E-state index contributed by atoms with van der Waals surface area (Å²) in [6.45, 7) is 1.17. The molecule has 1 saturated heterocycles. The van der Waals surface area contributed by atoms with Gasteiger partial charge in [0.25, 0.3) is 0 Å². The lowest BCUT2D eigenvalue weighted by Gasteiger charge is -2.28. The molecule has 0 bridgehead atoms. The van der Waals surface area contributed by atoms with Gasteiger partial charge in [-0.05, 0) is 87.1 Å². The normalized spacial score (nSPS) is 20.8. The van der Waals surface area contributed by atoms with Crippen molar-refractivity contribution in [3.05, 3.63) is 71.4 Å². The number of fused-ring (bicyclic) bond motifs is 1. The zero-order chi connectivity index (χ0) is 56.4. The van der Waals surface area contributed by atoms with Gasteiger partial charge in [0.1, 0.15) is 30.2 Å². The predicted molar refractivity (Wildman–Crippen MR) is 285 cm³/mol. The van der Waals surface area contributed by atoms with Gasteiger partial charge in [0.2, 0.25) is 53.2 Å². The summed E-state index contributed by atoms with van der Waals surface area (Å²) in [4.78, 5) is 134. The molecule has 77 heavy (non-hydrogen) atoms. The number of nitriles is 1. The topological polar surface area (TPSA) is 470 Å². The first-order valence-electron chi connectivity index (χ1n) is 25.2. The van der Waals surface area contributed by atoms with E-state index >= 15 is 0 Å². The first-order chi connectivity index (χ1) is 36.7. The molecule has 2 aromatic carbocycles. The van der Waals surface area contributed by atoms with Crippen LogP contribution in [0.5, 0.6) is 0 Å². The Morgan fingerprint density at radius 1 is 0.766 bits per heavy atom. The van der Waals surface area contributed by atoms with Crippen LogP contribution in [0.1, 0.15) is 87.8 Å². The van der Waals surface area contributed by atoms with E-state index < -0.39 is 102 Å². The highest BCUT2D eigenvalue weighted by molar-refractivity contribution is 5.96. The summed E-state index contributed by atoms with van der Waals surface area (Å²) in [6, 6.07) is 6.86. The van der Waals surface area contributed by atoms with Crippen molar-refractivity contribution in [3.63, 3.8) is 0 Å². The maximum Gasteiger partial charge on any atom is 0.243 e. The van der Waals surface area contributed by atoms with E-state index in [9.17, 15) is 48.4 Å². The van der Waals surface area contributed by atoms with E-state index in [1.807, 2.05) is 30.3 Å². The van der Waals surface area contributed by atoms with Crippen LogP contribution < -0.4 is 76.9 Å². The third kappa shape index (κ3) is 21.5. The van der Waals surface area contributed by atoms with Gasteiger partial charge in [0, 0.05) is 69.1 Å². The maximum absolute atomic E-state index is 14.7. The van der Waals surface area contributed by atoms with Crippen molar-refractivity contribution in [1.29, 1.82) is 5.26 Å². The van der Waals surface area contributed by atoms with Gasteiger partial charge in [-0.15, -0.1) is 0 Å². The Balaban J connectivity index is 1.78. The average molecular weight is 1070 g/mol. The SMILES string of the molecule is CC(=O)NC(CCCN=C(N)N)C(=O)NC1CC(=O)NCCCCC(C(N)=O)NC(=O)C(Cc2c[nH]c3ccccc23)NC(=O)C(CCCN=C(N)N)NC(=O)C(Cc2ccc(C#N)cc2)NCC(CCC(N)=O)NC1=O. The number of aromatic nitrogens is 1. The Morgan fingerprint density at radius 2 is 1.43 bits per heavy atom. The molecular weight excluding hydrogens is 997 g/mol. The van der Waals surface area contributed by atoms with Crippen LogP contribution in [0.25, 0.3) is 10.9 Å². The molecule has 0 saturated carbocycles. The van der Waals surface area contributed by atoms with Gasteiger partial charge in [-0.25, -0.2) is 0 Å². The fraction of sp³-hybridized carbons (Fsp3) is 0.480. The second-order valence-electron chi connectivity index (χ2n) is 18.6. The van der Waals surface area contributed by atoms with Crippen molar-refractivity contribution in [3.8, 4) is 6.07 Å². The molecule has 3 aromatic rings. The Hall–Kier alpha value is -8.80. The molecule has 0 aliphatic carbocycles. The Labute approximate surface area is 445 Å². The number of aromatic amines is 1. The minimum absolute atomic E-state index is 0.0172. The molecule has 416 valence electrons. The average Bonchev–Trinajstić information content (AvgIpc) is 3.79. The van der Waals surface area contributed by atoms with Crippen LogP contribution in [0.3, 0.4) is 0 Å². The summed E-state index contributed by atoms with van der Waals surface area (Å²) >= 11 is 0. The molecule has 1 aromatic heterocycles. The molecule has 0 spiro atoms. The van der Waals surface area contributed by atoms with Gasteiger partial charge in [0.05, 0.1) is 24.1 Å². The van der Waals surface area contributed by atoms with Crippen molar-refractivity contribution in [2.24, 2.45) is 44.4 Å². The van der Waals surface area contributed by atoms with E-state index in [1.54, 1.807) is 30.5 Å². The second kappa shape index (κ2) is 31.2. The Kier molecular flexibility index (Phi) is 24.6. The Bertz CT molecular complexity index is 2640. The number of benzene rings is 2. The number of para-hydroxylation sites is 1. The van der Waals surface area contributed by atoms with Crippen molar-refractivity contribution < 1.29 is 43.2 Å². The molecule has 7 atom stereocenters. The summed E-state index contributed by atoms with van der Waals surface area (Å²) < 4.78 is 0. The van der Waals surface area contributed by atoms with Gasteiger partial charge in [-0.2, -0.15) is 5.26 Å². The van der Waals surface area contributed by atoms with Crippen LogP contribution in [0.2, 0.25) is 0 Å². The fourth-order valence-corrected chi connectivity index (χ4v) is 8.40. The quantitative estimate of drug-likeness (QED) is 0.0312. The number of amides is 9. The van der Waals surface area contributed by atoms with E-state index in [-0.39, 0.29) is 109 Å². The number of nitrogens with zero attached hydrogens (tertiary/aromatic N) is 3. The molecule has 2 heterocycles. The number of nitrogens with one attached hydrogen (secondary N) is 9. The van der Waals surface area contributed by atoms with E-state index in [1.165, 1.54) is 6.92 Å². The van der Waals surface area contributed by atoms with Crippen molar-refractivity contribution in [2.75, 3.05) is 26.2 Å². The number of carbonyl (C=O) groups is 9. The zero-order valence-corrected chi connectivity index (χ0v) is 43.0. The number of aliphatic imine (C=N–C) groups is 2. The van der Waals surface area contributed by atoms with E-state index in [4.69, 9.17) is 34.4 Å². The summed E-state index contributed by atoms with van der Waals surface area (Å²) in [7, 11) is 0. The molecular formula is C50H72N18O9. The highest BCUT2D eigenvalue weighted by atomic mass is 16.2. The number of hydrogen-bond donors (Lipinski definition) is 15. The van der Waals surface area contributed by atoms with Crippen molar-refractivity contribution >= 4 is 76.0 Å². The first kappa shape index (κ1) is 60.8. The lowest BCUT2D eigenvalue weighted by molar-refractivity contribution is -0.134. The Morgan fingerprint density at radius 3 is 2.09 bits per heavy atom. The third-order valence-corrected chi connectivity index (χ3v) is 12.4. The first-order valence-corrected chi connectivity index (χ1v) is 25.2. The fourth-order valence-electron chi connectivity index (χ4n) is 8.40. The minimum atomic E-state index is -1.57. The smallest absolute Gasteiger partial charge is 0.243 e. The molecule has 27 nitrogen and oxygen atoms in total. The number of carbonyl (C=O) groups excluding carboxylic acids is 9. The summed E-state index contributed by atoms with van der Waals surface area (Å²) in [5, 5.41) is 32.3. The lowest BCUT2D eigenvalue weighted by Crippen LogP contribution is -2.59. The van der Waals surface area contributed by atoms with Gasteiger partial charge in [-0.3, -0.25) is 53.1 Å². The summed E-state index contributed by atoms with van der Waals surface area (Å²) in [6.07, 6.45) is 1.55. The molecule has 21 N–H and O–H groups in total. The van der Waals surface area contributed by atoms with Gasteiger partial charge >= 0.3 is 0 Å². The van der Waals surface area contributed by atoms with E-state index in [2.05, 4.69) is 57.5 Å². The maximum atomic E-state index is 14.7. The monoisotopic (exact) mass is 1070 g/mol. The molecule has 1 aliphatic heterocycles. The molecule has 4 rings (SSSR count). The van der Waals surface area contributed by atoms with Crippen LogP contribution >= 0.6 is 0 Å². The second-order valence-corrected chi connectivity index (χ2v) is 18.6. The molecule has 0 radical (unpaired) electrons. The summed E-state index contributed by atoms with van der Waals surface area (Å²) in [5.74, 6) is -7.19. The number of hydrogen-bond acceptors (Lipinski definition) is 13. The van der Waals surface area contributed by atoms with E-state index in [0.29, 0.717) is 16.7 Å². The van der Waals surface area contributed by atoms with Crippen molar-refractivity contribution in [2.45, 2.75) is 126 Å². The molecule has 1 fully saturated rings. The predicted octanol–water partition coefficient (Wildman–Crippen LogP) is -3.74. The van der Waals surface area contributed by atoms with Crippen LogP contribution in [0.15, 0.2) is 64.7 Å². The lowest BCUT2D eigenvalue weighted by atomic mass is 10.0. The molecule has 9 amide bonds. The summed E-state index contributed by atoms with van der Waals surface area (Å²) in [5.41, 5.74) is 35.7. The number of guanidine groups is 2. The van der Waals surface area contributed by atoms with Crippen LogP contribution in [-0.4, -0.2) is 139 Å². The van der Waals surface area contributed by atoms with Gasteiger partial charge in [0.15, 0.2) is 11.9 Å². The molecule has 27 heteroatoms. The molecule has 7 unspecified atom stereocenters. The largest absolute Gasteiger partial charge is 0.370 e. The highest BCUT2D eigenvalue weighted by Gasteiger charge is 2.33. The van der Waals surface area contributed by atoms with Crippen LogP contribution in [0, 0.1) is 11.3 Å². The van der Waals surface area contributed by atoms with Crippen LogP contribution in [0.4, 0.5) is 0 Å². The number of primary amides is 2. The van der Waals surface area contributed by atoms with E-state index in [0.717, 1.165) is 10.9 Å². The number of H-pyrrole nitrogens is 1.